The Balaban J connectivity index is 0.00000180. The summed E-state index contributed by atoms with van der Waals surface area (Å²) in [7, 11) is 0. The van der Waals surface area contributed by atoms with Gasteiger partial charge in [-0.05, 0) is 38.3 Å². The SMILES string of the molecule is CC(c1ccccc1Cl)N(C(=O)[C@H](C)N)C1CC1.Cl. The van der Waals surface area contributed by atoms with Gasteiger partial charge in [0.1, 0.15) is 0 Å². The zero-order chi connectivity index (χ0) is 13.3. The summed E-state index contributed by atoms with van der Waals surface area (Å²) in [5, 5.41) is 0.702. The molecule has 2 rings (SSSR count). The lowest BCUT2D eigenvalue weighted by Gasteiger charge is -2.31. The molecule has 0 heterocycles. The molecule has 1 aliphatic rings. The van der Waals surface area contributed by atoms with Crippen LogP contribution in [-0.4, -0.2) is 22.9 Å². The maximum absolute atomic E-state index is 12.2. The van der Waals surface area contributed by atoms with Crippen molar-refractivity contribution < 1.29 is 4.79 Å². The van der Waals surface area contributed by atoms with Gasteiger partial charge < -0.3 is 10.6 Å². The first kappa shape index (κ1) is 16.3. The maximum atomic E-state index is 12.2. The van der Waals surface area contributed by atoms with E-state index < -0.39 is 6.04 Å². The Hall–Kier alpha value is -0.770. The number of nitrogens with zero attached hydrogens (tertiary/aromatic N) is 1. The van der Waals surface area contributed by atoms with Gasteiger partial charge >= 0.3 is 0 Å². The molecule has 5 heteroatoms. The van der Waals surface area contributed by atoms with Crippen molar-refractivity contribution in [2.75, 3.05) is 0 Å². The fraction of sp³-hybridized carbons (Fsp3) is 0.500. The molecule has 1 unspecified atom stereocenters. The van der Waals surface area contributed by atoms with E-state index in [2.05, 4.69) is 0 Å². The molecule has 1 amide bonds. The van der Waals surface area contributed by atoms with Crippen molar-refractivity contribution in [1.29, 1.82) is 0 Å². The predicted molar refractivity (Wildman–Crippen MR) is 80.6 cm³/mol. The second-order valence-corrected chi connectivity index (χ2v) is 5.37. The van der Waals surface area contributed by atoms with Gasteiger partial charge in [-0.2, -0.15) is 0 Å². The number of hydrogen-bond donors (Lipinski definition) is 1. The van der Waals surface area contributed by atoms with E-state index in [4.69, 9.17) is 17.3 Å². The number of benzene rings is 1. The van der Waals surface area contributed by atoms with Crippen LogP contribution in [0, 0.1) is 0 Å². The molecule has 0 aliphatic heterocycles. The van der Waals surface area contributed by atoms with Crippen molar-refractivity contribution >= 4 is 29.9 Å². The molecule has 1 aliphatic carbocycles. The Morgan fingerprint density at radius 2 is 1.95 bits per heavy atom. The third kappa shape index (κ3) is 3.62. The second kappa shape index (κ2) is 6.60. The standard InChI is InChI=1S/C14H19ClN2O.ClH/c1-9(16)14(18)17(11-7-8-11)10(2)12-5-3-4-6-13(12)15;/h3-6,9-11H,7-8,16H2,1-2H3;1H/t9-,10?;/m0./s1. The first-order chi connectivity index (χ1) is 8.52. The van der Waals surface area contributed by atoms with E-state index in [9.17, 15) is 4.79 Å². The van der Waals surface area contributed by atoms with Crippen molar-refractivity contribution in [3.8, 4) is 0 Å². The predicted octanol–water partition coefficient (Wildman–Crippen LogP) is 3.16. The molecule has 1 aromatic carbocycles. The summed E-state index contributed by atoms with van der Waals surface area (Å²) in [6.07, 6.45) is 2.13. The number of nitrogens with two attached hydrogens (primary N) is 1. The van der Waals surface area contributed by atoms with Gasteiger partial charge in [-0.25, -0.2) is 0 Å². The lowest BCUT2D eigenvalue weighted by molar-refractivity contribution is -0.135. The number of halogens is 2. The Morgan fingerprint density at radius 3 is 2.42 bits per heavy atom. The lowest BCUT2D eigenvalue weighted by Crippen LogP contribution is -2.44. The minimum absolute atomic E-state index is 0. The zero-order valence-corrected chi connectivity index (χ0v) is 12.7. The summed E-state index contributed by atoms with van der Waals surface area (Å²) in [6.45, 7) is 3.75. The molecule has 0 radical (unpaired) electrons. The van der Waals surface area contributed by atoms with E-state index in [0.717, 1.165) is 18.4 Å². The summed E-state index contributed by atoms with van der Waals surface area (Å²) < 4.78 is 0. The second-order valence-electron chi connectivity index (χ2n) is 4.96. The summed E-state index contributed by atoms with van der Waals surface area (Å²) >= 11 is 6.20. The third-order valence-corrected chi connectivity index (χ3v) is 3.70. The quantitative estimate of drug-likeness (QED) is 0.928. The van der Waals surface area contributed by atoms with Gasteiger partial charge in [0, 0.05) is 11.1 Å². The van der Waals surface area contributed by atoms with Crippen LogP contribution in [-0.2, 0) is 4.79 Å². The number of rotatable bonds is 4. The van der Waals surface area contributed by atoms with E-state index in [1.165, 1.54) is 0 Å². The average molecular weight is 303 g/mol. The molecule has 3 nitrogen and oxygen atoms in total. The molecule has 0 saturated heterocycles. The van der Waals surface area contributed by atoms with Gasteiger partial charge in [-0.1, -0.05) is 29.8 Å². The molecule has 0 aromatic heterocycles. The molecule has 1 aromatic rings. The molecule has 0 spiro atoms. The molecule has 106 valence electrons. The van der Waals surface area contributed by atoms with Crippen LogP contribution in [0.5, 0.6) is 0 Å². The molecule has 0 bridgehead atoms. The van der Waals surface area contributed by atoms with Gasteiger partial charge in [-0.3, -0.25) is 4.79 Å². The zero-order valence-electron chi connectivity index (χ0n) is 11.2. The van der Waals surface area contributed by atoms with E-state index in [1.807, 2.05) is 36.1 Å². The summed E-state index contributed by atoms with van der Waals surface area (Å²) in [5.74, 6) is 0.00456. The first-order valence-corrected chi connectivity index (χ1v) is 6.72. The molecule has 1 saturated carbocycles. The fourth-order valence-electron chi connectivity index (χ4n) is 2.24. The minimum atomic E-state index is -0.462. The summed E-state index contributed by atoms with van der Waals surface area (Å²) in [4.78, 5) is 14.1. The molecule has 19 heavy (non-hydrogen) atoms. The van der Waals surface area contributed by atoms with E-state index in [1.54, 1.807) is 6.92 Å². The van der Waals surface area contributed by atoms with E-state index in [0.29, 0.717) is 11.1 Å². The smallest absolute Gasteiger partial charge is 0.239 e. The first-order valence-electron chi connectivity index (χ1n) is 6.34. The van der Waals surface area contributed by atoms with E-state index in [-0.39, 0.29) is 24.4 Å². The van der Waals surface area contributed by atoms with Crippen LogP contribution >= 0.6 is 24.0 Å². The van der Waals surface area contributed by atoms with Crippen LogP contribution in [0.4, 0.5) is 0 Å². The van der Waals surface area contributed by atoms with Crippen LogP contribution in [0.15, 0.2) is 24.3 Å². The summed E-state index contributed by atoms with van der Waals surface area (Å²) in [5.41, 5.74) is 6.72. The van der Waals surface area contributed by atoms with Crippen molar-refractivity contribution in [3.05, 3.63) is 34.9 Å². The van der Waals surface area contributed by atoms with Crippen molar-refractivity contribution in [1.82, 2.24) is 4.90 Å². The largest absolute Gasteiger partial charge is 0.332 e. The molecular weight excluding hydrogens is 283 g/mol. The van der Waals surface area contributed by atoms with Gasteiger partial charge in [0.2, 0.25) is 5.91 Å². The number of carbonyl (C=O) groups excluding carboxylic acids is 1. The third-order valence-electron chi connectivity index (χ3n) is 3.36. The Labute approximate surface area is 125 Å². The van der Waals surface area contributed by atoms with Crippen molar-refractivity contribution in [3.63, 3.8) is 0 Å². The number of carbonyl (C=O) groups is 1. The molecule has 1 fully saturated rings. The molecule has 2 atom stereocenters. The fourth-order valence-corrected chi connectivity index (χ4v) is 2.53. The Kier molecular flexibility index (Phi) is 5.65. The lowest BCUT2D eigenvalue weighted by atomic mass is 10.1. The maximum Gasteiger partial charge on any atom is 0.239 e. The minimum Gasteiger partial charge on any atom is -0.332 e. The van der Waals surface area contributed by atoms with Gasteiger partial charge in [0.05, 0.1) is 12.1 Å². The van der Waals surface area contributed by atoms with Gasteiger partial charge in [0.25, 0.3) is 0 Å². The highest BCUT2D eigenvalue weighted by Crippen LogP contribution is 2.36. The van der Waals surface area contributed by atoms with Crippen LogP contribution < -0.4 is 5.73 Å². The molecule has 2 N–H and O–H groups in total. The number of amides is 1. The average Bonchev–Trinajstić information content (AvgIpc) is 3.14. The van der Waals surface area contributed by atoms with Crippen LogP contribution in [0.1, 0.15) is 38.3 Å². The van der Waals surface area contributed by atoms with Crippen LogP contribution in [0.25, 0.3) is 0 Å². The molecular formula is C14H20Cl2N2O. The van der Waals surface area contributed by atoms with Crippen molar-refractivity contribution in [2.24, 2.45) is 5.73 Å². The van der Waals surface area contributed by atoms with Crippen LogP contribution in [0.3, 0.4) is 0 Å². The summed E-state index contributed by atoms with van der Waals surface area (Å²) in [6, 6.07) is 7.51. The Bertz CT molecular complexity index is 447. The monoisotopic (exact) mass is 302 g/mol. The Morgan fingerprint density at radius 1 is 1.37 bits per heavy atom. The normalized spacial score (nSPS) is 17.3. The van der Waals surface area contributed by atoms with Gasteiger partial charge in [0.15, 0.2) is 0 Å². The van der Waals surface area contributed by atoms with Crippen LogP contribution in [0.2, 0.25) is 5.02 Å². The highest BCUT2D eigenvalue weighted by Gasteiger charge is 2.37. The topological polar surface area (TPSA) is 46.3 Å². The highest BCUT2D eigenvalue weighted by molar-refractivity contribution is 6.31. The van der Waals surface area contributed by atoms with Crippen molar-refractivity contribution in [2.45, 2.75) is 44.8 Å². The highest BCUT2D eigenvalue weighted by atomic mass is 35.5. The van der Waals surface area contributed by atoms with Gasteiger partial charge in [-0.15, -0.1) is 12.4 Å². The van der Waals surface area contributed by atoms with E-state index >= 15 is 0 Å². The number of hydrogen-bond acceptors (Lipinski definition) is 2.